The summed E-state index contributed by atoms with van der Waals surface area (Å²) in [5.41, 5.74) is 2.03. The van der Waals surface area contributed by atoms with Crippen LogP contribution in [0.15, 0.2) is 18.2 Å². The zero-order valence-corrected chi connectivity index (χ0v) is 11.3. The lowest BCUT2D eigenvalue weighted by atomic mass is 9.96. The average molecular weight is 274 g/mol. The first-order valence-corrected chi connectivity index (χ1v) is 7.10. The van der Waals surface area contributed by atoms with Crippen molar-refractivity contribution in [2.45, 2.75) is 44.8 Å². The number of hydrogen-bond donors (Lipinski definition) is 2. The molecule has 3 rings (SSSR count). The molecule has 1 saturated carbocycles. The lowest BCUT2D eigenvalue weighted by molar-refractivity contribution is 0.0535. The van der Waals surface area contributed by atoms with E-state index in [4.69, 9.17) is 4.74 Å². The molecule has 1 aliphatic carbocycles. The molecule has 1 heterocycles. The summed E-state index contributed by atoms with van der Waals surface area (Å²) in [5, 5.41) is 5.76. The second-order valence-electron chi connectivity index (χ2n) is 5.38. The molecule has 20 heavy (non-hydrogen) atoms. The molecule has 1 aromatic rings. The summed E-state index contributed by atoms with van der Waals surface area (Å²) in [4.78, 5) is 23.4. The molecule has 0 atom stereocenters. The van der Waals surface area contributed by atoms with Crippen molar-refractivity contribution in [3.8, 4) is 0 Å². The fourth-order valence-electron chi connectivity index (χ4n) is 2.79. The van der Waals surface area contributed by atoms with Gasteiger partial charge < -0.3 is 15.4 Å². The van der Waals surface area contributed by atoms with Gasteiger partial charge in [0, 0.05) is 17.3 Å². The van der Waals surface area contributed by atoms with Crippen LogP contribution in [0, 0.1) is 0 Å². The summed E-state index contributed by atoms with van der Waals surface area (Å²) >= 11 is 0. The molecule has 0 radical (unpaired) electrons. The zero-order valence-electron chi connectivity index (χ0n) is 11.3. The number of urea groups is 1. The van der Waals surface area contributed by atoms with Crippen LogP contribution in [0.4, 0.5) is 10.5 Å². The third kappa shape index (κ3) is 2.76. The molecule has 2 amide bonds. The molecule has 5 nitrogen and oxygen atoms in total. The Bertz CT molecular complexity index is 536. The molecular weight excluding hydrogens is 256 g/mol. The molecule has 0 bridgehead atoms. The fourth-order valence-corrected chi connectivity index (χ4v) is 2.79. The minimum absolute atomic E-state index is 0.205. The lowest BCUT2D eigenvalue weighted by Gasteiger charge is -2.22. The van der Waals surface area contributed by atoms with Gasteiger partial charge in [0.25, 0.3) is 0 Å². The summed E-state index contributed by atoms with van der Waals surface area (Å²) in [6, 6.07) is 5.34. The Morgan fingerprint density at radius 3 is 2.80 bits per heavy atom. The van der Waals surface area contributed by atoms with Gasteiger partial charge in [-0.1, -0.05) is 25.3 Å². The van der Waals surface area contributed by atoms with Crippen molar-refractivity contribution >= 4 is 17.7 Å². The minimum atomic E-state index is -0.323. The van der Waals surface area contributed by atoms with E-state index in [1.54, 1.807) is 12.1 Å². The summed E-state index contributed by atoms with van der Waals surface area (Å²) < 4.78 is 4.94. The SMILES string of the molecule is O=C(Nc1ccc2c(c1)C(=O)OC2)NC1CCCCC1. The summed E-state index contributed by atoms with van der Waals surface area (Å²) in [7, 11) is 0. The Labute approximate surface area is 117 Å². The van der Waals surface area contributed by atoms with Gasteiger partial charge >= 0.3 is 12.0 Å². The molecule has 5 heteroatoms. The quantitative estimate of drug-likeness (QED) is 0.815. The maximum atomic E-state index is 11.9. The summed E-state index contributed by atoms with van der Waals surface area (Å²) in [6.07, 6.45) is 5.70. The number of ether oxygens (including phenoxy) is 1. The Balaban J connectivity index is 1.61. The number of carbonyl (C=O) groups excluding carboxylic acids is 2. The number of esters is 1. The topological polar surface area (TPSA) is 67.4 Å². The van der Waals surface area contributed by atoms with E-state index in [1.165, 1.54) is 19.3 Å². The van der Waals surface area contributed by atoms with Crippen molar-refractivity contribution in [1.29, 1.82) is 0 Å². The molecule has 0 spiro atoms. The molecule has 106 valence electrons. The van der Waals surface area contributed by atoms with Crippen LogP contribution in [0.5, 0.6) is 0 Å². The molecule has 1 fully saturated rings. The van der Waals surface area contributed by atoms with E-state index in [0.29, 0.717) is 17.9 Å². The van der Waals surface area contributed by atoms with Gasteiger partial charge in [0.1, 0.15) is 6.61 Å². The van der Waals surface area contributed by atoms with Crippen LogP contribution in [0.3, 0.4) is 0 Å². The Kier molecular flexibility index (Phi) is 3.58. The average Bonchev–Trinajstić information content (AvgIpc) is 2.81. The van der Waals surface area contributed by atoms with Crippen molar-refractivity contribution in [1.82, 2.24) is 5.32 Å². The van der Waals surface area contributed by atoms with Gasteiger partial charge in [-0.15, -0.1) is 0 Å². The largest absolute Gasteiger partial charge is 0.457 e. The van der Waals surface area contributed by atoms with Gasteiger partial charge in [-0.05, 0) is 25.0 Å². The zero-order chi connectivity index (χ0) is 13.9. The van der Waals surface area contributed by atoms with Crippen LogP contribution in [-0.2, 0) is 11.3 Å². The van der Waals surface area contributed by atoms with Crippen LogP contribution in [-0.4, -0.2) is 18.0 Å². The first-order valence-electron chi connectivity index (χ1n) is 7.10. The van der Waals surface area contributed by atoms with Crippen LogP contribution >= 0.6 is 0 Å². The van der Waals surface area contributed by atoms with Gasteiger partial charge in [-0.25, -0.2) is 9.59 Å². The van der Waals surface area contributed by atoms with Crippen molar-refractivity contribution in [3.63, 3.8) is 0 Å². The number of nitrogens with one attached hydrogen (secondary N) is 2. The van der Waals surface area contributed by atoms with E-state index in [9.17, 15) is 9.59 Å². The van der Waals surface area contributed by atoms with E-state index < -0.39 is 0 Å². The normalized spacial score (nSPS) is 18.3. The fraction of sp³-hybridized carbons (Fsp3) is 0.467. The Hall–Kier alpha value is -2.04. The predicted octanol–water partition coefficient (Wildman–Crippen LogP) is 2.81. The molecular formula is C15H18N2O3. The highest BCUT2D eigenvalue weighted by molar-refractivity contribution is 5.96. The lowest BCUT2D eigenvalue weighted by Crippen LogP contribution is -2.39. The van der Waals surface area contributed by atoms with Crippen LogP contribution < -0.4 is 10.6 Å². The smallest absolute Gasteiger partial charge is 0.338 e. The van der Waals surface area contributed by atoms with Crippen LogP contribution in [0.2, 0.25) is 0 Å². The van der Waals surface area contributed by atoms with E-state index >= 15 is 0 Å². The van der Waals surface area contributed by atoms with Gasteiger partial charge in [0.05, 0.1) is 5.56 Å². The highest BCUT2D eigenvalue weighted by Gasteiger charge is 2.22. The molecule has 0 unspecified atom stereocenters. The van der Waals surface area contributed by atoms with E-state index in [0.717, 1.165) is 18.4 Å². The number of benzene rings is 1. The van der Waals surface area contributed by atoms with Crippen LogP contribution in [0.25, 0.3) is 0 Å². The van der Waals surface area contributed by atoms with Crippen molar-refractivity contribution in [2.24, 2.45) is 0 Å². The number of hydrogen-bond acceptors (Lipinski definition) is 3. The third-order valence-corrected chi connectivity index (χ3v) is 3.89. The highest BCUT2D eigenvalue weighted by Crippen LogP contribution is 2.23. The van der Waals surface area contributed by atoms with Gasteiger partial charge in [-0.2, -0.15) is 0 Å². The molecule has 1 aromatic carbocycles. The predicted molar refractivity (Wildman–Crippen MR) is 74.6 cm³/mol. The number of rotatable bonds is 2. The first kappa shape index (κ1) is 13.0. The first-order chi connectivity index (χ1) is 9.72. The molecule has 1 aliphatic heterocycles. The number of amides is 2. The maximum absolute atomic E-state index is 11.9. The van der Waals surface area contributed by atoms with E-state index in [1.807, 2.05) is 6.07 Å². The molecule has 0 aromatic heterocycles. The minimum Gasteiger partial charge on any atom is -0.457 e. The van der Waals surface area contributed by atoms with Gasteiger partial charge in [-0.3, -0.25) is 0 Å². The number of cyclic esters (lactones) is 1. The van der Waals surface area contributed by atoms with E-state index in [2.05, 4.69) is 10.6 Å². The number of anilines is 1. The van der Waals surface area contributed by atoms with Crippen molar-refractivity contribution in [3.05, 3.63) is 29.3 Å². The summed E-state index contributed by atoms with van der Waals surface area (Å²) in [5.74, 6) is -0.323. The second-order valence-corrected chi connectivity index (χ2v) is 5.38. The molecule has 2 N–H and O–H groups in total. The van der Waals surface area contributed by atoms with Gasteiger partial charge in [0.2, 0.25) is 0 Å². The maximum Gasteiger partial charge on any atom is 0.338 e. The van der Waals surface area contributed by atoms with Crippen molar-refractivity contribution in [2.75, 3.05) is 5.32 Å². The number of fused-ring (bicyclic) bond motifs is 1. The van der Waals surface area contributed by atoms with Gasteiger partial charge in [0.15, 0.2) is 0 Å². The molecule has 2 aliphatic rings. The highest BCUT2D eigenvalue weighted by atomic mass is 16.5. The van der Waals surface area contributed by atoms with Crippen LogP contribution in [0.1, 0.15) is 48.0 Å². The third-order valence-electron chi connectivity index (χ3n) is 3.89. The Morgan fingerprint density at radius 1 is 1.20 bits per heavy atom. The summed E-state index contributed by atoms with van der Waals surface area (Å²) in [6.45, 7) is 0.322. The monoisotopic (exact) mass is 274 g/mol. The van der Waals surface area contributed by atoms with E-state index in [-0.39, 0.29) is 18.0 Å². The molecule has 0 saturated heterocycles. The number of carbonyl (C=O) groups is 2. The standard InChI is InChI=1S/C15H18N2O3/c18-14-13-8-12(7-6-10(13)9-20-14)17-15(19)16-11-4-2-1-3-5-11/h6-8,11H,1-5,9H2,(H2,16,17,19). The second kappa shape index (κ2) is 5.53. The van der Waals surface area contributed by atoms with Crippen molar-refractivity contribution < 1.29 is 14.3 Å². The Morgan fingerprint density at radius 2 is 2.00 bits per heavy atom.